The molecule has 0 bridgehead atoms. The van der Waals surface area contributed by atoms with Crippen LogP contribution in [0, 0.1) is 0 Å². The van der Waals surface area contributed by atoms with Gasteiger partial charge in [-0.3, -0.25) is 0 Å². The van der Waals surface area contributed by atoms with Crippen LogP contribution in [0.1, 0.15) is 0 Å². The molecule has 0 aliphatic rings. The Morgan fingerprint density at radius 2 is 1.71 bits per heavy atom. The van der Waals surface area contributed by atoms with E-state index < -0.39 is 0 Å². The van der Waals surface area contributed by atoms with Crippen molar-refractivity contribution >= 4 is 59.0 Å². The van der Waals surface area contributed by atoms with Crippen molar-refractivity contribution in [3.63, 3.8) is 0 Å². The van der Waals surface area contributed by atoms with Crippen LogP contribution in [-0.2, 0) is 0 Å². The van der Waals surface area contributed by atoms with Gasteiger partial charge in [0.15, 0.2) is 0 Å². The van der Waals surface area contributed by atoms with Gasteiger partial charge in [-0.1, -0.05) is 63.9 Å². The monoisotopic (exact) mass is 372 g/mol. The van der Waals surface area contributed by atoms with Gasteiger partial charge in [0.2, 0.25) is 0 Å². The zero-order valence-corrected chi connectivity index (χ0v) is 14.1. The molecule has 1 heterocycles. The molecule has 4 aromatic rings. The molecular formula is C18H10BrClS. The lowest BCUT2D eigenvalue weighted by atomic mass is 10.00. The third kappa shape index (κ3) is 2.18. The van der Waals surface area contributed by atoms with Crippen molar-refractivity contribution in [2.45, 2.75) is 0 Å². The zero-order chi connectivity index (χ0) is 14.4. The third-order valence-electron chi connectivity index (χ3n) is 3.61. The summed E-state index contributed by atoms with van der Waals surface area (Å²) < 4.78 is 3.53. The topological polar surface area (TPSA) is 0 Å². The largest absolute Gasteiger partial charge is 0.134 e. The molecule has 0 saturated heterocycles. The predicted octanol–water partition coefficient (Wildman–Crippen LogP) is 7.14. The van der Waals surface area contributed by atoms with Crippen molar-refractivity contribution in [2.24, 2.45) is 0 Å². The Labute approximate surface area is 140 Å². The molecule has 0 N–H and O–H groups in total. The maximum atomic E-state index is 6.36. The number of fused-ring (bicyclic) bond motifs is 3. The minimum Gasteiger partial charge on any atom is -0.134 e. The Morgan fingerprint density at radius 3 is 2.57 bits per heavy atom. The molecule has 1 aromatic heterocycles. The average molecular weight is 374 g/mol. The van der Waals surface area contributed by atoms with Gasteiger partial charge in [0.05, 0.1) is 9.72 Å². The van der Waals surface area contributed by atoms with Gasteiger partial charge in [-0.2, -0.15) is 0 Å². The molecule has 4 rings (SSSR count). The number of hydrogen-bond acceptors (Lipinski definition) is 1. The predicted molar refractivity (Wildman–Crippen MR) is 97.5 cm³/mol. The van der Waals surface area contributed by atoms with E-state index in [1.54, 1.807) is 11.3 Å². The van der Waals surface area contributed by atoms with E-state index in [4.69, 9.17) is 11.6 Å². The van der Waals surface area contributed by atoms with Gasteiger partial charge in [0, 0.05) is 19.9 Å². The Hall–Kier alpha value is -1.35. The van der Waals surface area contributed by atoms with Gasteiger partial charge in [-0.25, -0.2) is 0 Å². The summed E-state index contributed by atoms with van der Waals surface area (Å²) in [5, 5.41) is 3.35. The van der Waals surface area contributed by atoms with Gasteiger partial charge in [-0.05, 0) is 35.4 Å². The molecule has 0 atom stereocenters. The second kappa shape index (κ2) is 5.13. The van der Waals surface area contributed by atoms with Crippen LogP contribution in [0.2, 0.25) is 5.02 Å². The van der Waals surface area contributed by atoms with Crippen LogP contribution in [0.25, 0.3) is 31.3 Å². The highest BCUT2D eigenvalue weighted by atomic mass is 79.9. The highest BCUT2D eigenvalue weighted by Gasteiger charge is 2.12. The first-order valence-corrected chi connectivity index (χ1v) is 8.58. The summed E-state index contributed by atoms with van der Waals surface area (Å²) >= 11 is 11.7. The Kier molecular flexibility index (Phi) is 3.26. The molecule has 0 amide bonds. The third-order valence-corrected chi connectivity index (χ3v) is 5.73. The summed E-state index contributed by atoms with van der Waals surface area (Å²) in [5.74, 6) is 0. The fourth-order valence-electron chi connectivity index (χ4n) is 2.71. The molecule has 102 valence electrons. The number of halogens is 2. The lowest BCUT2D eigenvalue weighted by molar-refractivity contribution is 1.63. The molecule has 0 aliphatic carbocycles. The molecule has 0 fully saturated rings. The van der Waals surface area contributed by atoms with Gasteiger partial charge in [0.25, 0.3) is 0 Å². The van der Waals surface area contributed by atoms with E-state index in [0.29, 0.717) is 0 Å². The molecule has 0 aliphatic heterocycles. The van der Waals surface area contributed by atoms with E-state index in [2.05, 4.69) is 58.4 Å². The zero-order valence-electron chi connectivity index (χ0n) is 10.9. The van der Waals surface area contributed by atoms with Gasteiger partial charge >= 0.3 is 0 Å². The van der Waals surface area contributed by atoms with Gasteiger partial charge < -0.3 is 0 Å². The molecule has 3 aromatic carbocycles. The molecule has 0 nitrogen and oxygen atoms in total. The molecule has 0 saturated carbocycles. The van der Waals surface area contributed by atoms with Crippen LogP contribution in [0.3, 0.4) is 0 Å². The van der Waals surface area contributed by atoms with Crippen molar-refractivity contribution in [2.75, 3.05) is 0 Å². The molecule has 3 heteroatoms. The van der Waals surface area contributed by atoms with Crippen LogP contribution in [0.5, 0.6) is 0 Å². The maximum Gasteiger partial charge on any atom is 0.0584 e. The smallest absolute Gasteiger partial charge is 0.0584 e. The van der Waals surface area contributed by atoms with E-state index in [1.807, 2.05) is 18.2 Å². The molecule has 21 heavy (non-hydrogen) atoms. The summed E-state index contributed by atoms with van der Waals surface area (Å²) in [5.41, 5.74) is 2.47. The second-order valence-electron chi connectivity index (χ2n) is 4.91. The van der Waals surface area contributed by atoms with Crippen molar-refractivity contribution < 1.29 is 0 Å². The van der Waals surface area contributed by atoms with E-state index in [9.17, 15) is 0 Å². The first-order valence-electron chi connectivity index (χ1n) is 6.60. The number of benzene rings is 3. The Bertz CT molecular complexity index is 971. The van der Waals surface area contributed by atoms with Crippen molar-refractivity contribution in [1.29, 1.82) is 0 Å². The molecular weight excluding hydrogens is 364 g/mol. The van der Waals surface area contributed by atoms with E-state index in [-0.39, 0.29) is 0 Å². The number of thiophene rings is 1. The number of rotatable bonds is 1. The molecule has 0 radical (unpaired) electrons. The average Bonchev–Trinajstić information content (AvgIpc) is 2.87. The number of hydrogen-bond donors (Lipinski definition) is 0. The van der Waals surface area contributed by atoms with E-state index in [1.165, 1.54) is 26.6 Å². The van der Waals surface area contributed by atoms with E-state index >= 15 is 0 Å². The van der Waals surface area contributed by atoms with Crippen LogP contribution < -0.4 is 0 Å². The maximum absolute atomic E-state index is 6.36. The summed E-state index contributed by atoms with van der Waals surface area (Å²) in [4.78, 5) is 0. The lowest BCUT2D eigenvalue weighted by Gasteiger charge is -2.05. The Morgan fingerprint density at radius 1 is 0.905 bits per heavy atom. The fraction of sp³-hybridized carbons (Fsp3) is 0. The van der Waals surface area contributed by atoms with Crippen LogP contribution in [-0.4, -0.2) is 0 Å². The fourth-order valence-corrected chi connectivity index (χ4v) is 4.53. The second-order valence-corrected chi connectivity index (χ2v) is 7.28. The highest BCUT2D eigenvalue weighted by molar-refractivity contribution is 9.10. The van der Waals surface area contributed by atoms with E-state index in [0.717, 1.165) is 14.2 Å². The first-order chi connectivity index (χ1) is 10.2. The first kappa shape index (κ1) is 13.3. The van der Waals surface area contributed by atoms with Gasteiger partial charge in [0.1, 0.15) is 0 Å². The quantitative estimate of drug-likeness (QED) is 0.332. The summed E-state index contributed by atoms with van der Waals surface area (Å²) in [7, 11) is 0. The van der Waals surface area contributed by atoms with Crippen molar-refractivity contribution in [3.05, 3.63) is 70.2 Å². The minimum absolute atomic E-state index is 0.828. The molecule has 0 unspecified atom stereocenters. The van der Waals surface area contributed by atoms with Crippen molar-refractivity contribution in [1.82, 2.24) is 0 Å². The van der Waals surface area contributed by atoms with Crippen molar-refractivity contribution in [3.8, 4) is 11.1 Å². The van der Waals surface area contributed by atoms with Gasteiger partial charge in [-0.15, -0.1) is 11.3 Å². The minimum atomic E-state index is 0.828. The Balaban J connectivity index is 2.15. The highest BCUT2D eigenvalue weighted by Crippen LogP contribution is 2.42. The van der Waals surface area contributed by atoms with Crippen LogP contribution in [0.15, 0.2) is 65.1 Å². The SMILES string of the molecule is Clc1cccc2c1sc1cccc(-c3cccc(Br)c3)c12. The summed E-state index contributed by atoms with van der Waals surface area (Å²) in [6.07, 6.45) is 0. The normalized spacial score (nSPS) is 11.3. The van der Waals surface area contributed by atoms with Crippen LogP contribution in [0.4, 0.5) is 0 Å². The lowest BCUT2D eigenvalue weighted by Crippen LogP contribution is -1.79. The standard InChI is InChI=1S/C18H10BrClS/c19-12-5-1-4-11(10-12)13-6-3-9-16-17(13)14-7-2-8-15(20)18(14)21-16/h1-10H. The summed E-state index contributed by atoms with van der Waals surface area (Å²) in [6, 6.07) is 21.0. The molecule has 0 spiro atoms. The van der Waals surface area contributed by atoms with Crippen LogP contribution >= 0.6 is 38.9 Å². The summed E-state index contributed by atoms with van der Waals surface area (Å²) in [6.45, 7) is 0.